The van der Waals surface area contributed by atoms with Crippen LogP contribution in [0.15, 0.2) is 0 Å². The van der Waals surface area contributed by atoms with Crippen molar-refractivity contribution in [1.82, 2.24) is 15.5 Å². The molecule has 2 aliphatic rings. The second-order valence-electron chi connectivity index (χ2n) is 6.82. The highest BCUT2D eigenvalue weighted by atomic mass is 35.5. The molecule has 2 rings (SSSR count). The SMILES string of the molecule is CCC(C)(C)NC(=O)C(C)N1CCC2CCC(C1)N2.Cl. The van der Waals surface area contributed by atoms with Gasteiger partial charge >= 0.3 is 0 Å². The maximum atomic E-state index is 12.4. The molecular weight excluding hydrogens is 274 g/mol. The van der Waals surface area contributed by atoms with Gasteiger partial charge in [-0.15, -0.1) is 12.4 Å². The number of hydrogen-bond donors (Lipinski definition) is 2. The van der Waals surface area contributed by atoms with Crippen molar-refractivity contribution < 1.29 is 4.79 Å². The van der Waals surface area contributed by atoms with Gasteiger partial charge in [0.25, 0.3) is 0 Å². The molecule has 2 fully saturated rings. The summed E-state index contributed by atoms with van der Waals surface area (Å²) in [5, 5.41) is 6.83. The Morgan fingerprint density at radius 3 is 2.65 bits per heavy atom. The van der Waals surface area contributed by atoms with E-state index in [0.717, 1.165) is 19.5 Å². The molecule has 1 amide bonds. The largest absolute Gasteiger partial charge is 0.350 e. The fourth-order valence-corrected chi connectivity index (χ4v) is 3.01. The summed E-state index contributed by atoms with van der Waals surface area (Å²) < 4.78 is 0. The van der Waals surface area contributed by atoms with Crippen molar-refractivity contribution >= 4 is 18.3 Å². The Morgan fingerprint density at radius 1 is 1.35 bits per heavy atom. The van der Waals surface area contributed by atoms with Gasteiger partial charge in [-0.3, -0.25) is 9.69 Å². The minimum Gasteiger partial charge on any atom is -0.350 e. The van der Waals surface area contributed by atoms with Gasteiger partial charge in [-0.25, -0.2) is 0 Å². The van der Waals surface area contributed by atoms with Crippen molar-refractivity contribution in [2.75, 3.05) is 13.1 Å². The van der Waals surface area contributed by atoms with E-state index in [1.807, 2.05) is 6.92 Å². The molecule has 2 bridgehead atoms. The quantitative estimate of drug-likeness (QED) is 0.834. The minimum absolute atomic E-state index is 0. The third kappa shape index (κ3) is 4.34. The molecule has 0 aromatic heterocycles. The van der Waals surface area contributed by atoms with Crippen molar-refractivity contribution in [3.05, 3.63) is 0 Å². The summed E-state index contributed by atoms with van der Waals surface area (Å²) in [4.78, 5) is 14.7. The number of nitrogens with zero attached hydrogens (tertiary/aromatic N) is 1. The zero-order valence-corrected chi connectivity index (χ0v) is 14.1. The Kier molecular flexibility index (Phi) is 6.29. The summed E-state index contributed by atoms with van der Waals surface area (Å²) in [7, 11) is 0. The smallest absolute Gasteiger partial charge is 0.237 e. The van der Waals surface area contributed by atoms with Crippen LogP contribution in [-0.2, 0) is 4.79 Å². The molecule has 0 aliphatic carbocycles. The maximum Gasteiger partial charge on any atom is 0.237 e. The minimum atomic E-state index is -0.103. The van der Waals surface area contributed by atoms with E-state index in [-0.39, 0.29) is 29.9 Å². The highest BCUT2D eigenvalue weighted by Crippen LogP contribution is 2.21. The van der Waals surface area contributed by atoms with Crippen LogP contribution in [0, 0.1) is 0 Å². The van der Waals surface area contributed by atoms with Crippen molar-refractivity contribution in [3.63, 3.8) is 0 Å². The lowest BCUT2D eigenvalue weighted by molar-refractivity contribution is -0.127. The van der Waals surface area contributed by atoms with Gasteiger partial charge in [-0.05, 0) is 46.5 Å². The van der Waals surface area contributed by atoms with Crippen LogP contribution in [0.2, 0.25) is 0 Å². The predicted octanol–water partition coefficient (Wildman–Crippen LogP) is 1.93. The molecule has 3 atom stereocenters. The van der Waals surface area contributed by atoms with E-state index >= 15 is 0 Å². The number of nitrogens with one attached hydrogen (secondary N) is 2. The third-order valence-corrected chi connectivity index (χ3v) is 4.83. The molecule has 0 aromatic carbocycles. The average molecular weight is 304 g/mol. The van der Waals surface area contributed by atoms with E-state index in [4.69, 9.17) is 0 Å². The first-order chi connectivity index (χ1) is 8.91. The number of likely N-dealkylation sites (tertiary alicyclic amines) is 1. The van der Waals surface area contributed by atoms with Crippen molar-refractivity contribution in [2.24, 2.45) is 0 Å². The lowest BCUT2D eigenvalue weighted by Gasteiger charge is -2.33. The van der Waals surface area contributed by atoms with Gasteiger partial charge in [0.15, 0.2) is 0 Å². The first-order valence-electron chi connectivity index (χ1n) is 7.73. The fraction of sp³-hybridized carbons (Fsp3) is 0.933. The molecule has 0 spiro atoms. The van der Waals surface area contributed by atoms with Gasteiger partial charge in [-0.1, -0.05) is 6.92 Å². The van der Waals surface area contributed by atoms with E-state index in [1.54, 1.807) is 0 Å². The van der Waals surface area contributed by atoms with E-state index < -0.39 is 0 Å². The Balaban J connectivity index is 0.00000200. The molecule has 2 saturated heterocycles. The Bertz CT molecular complexity index is 335. The molecule has 0 aromatic rings. The predicted molar refractivity (Wildman–Crippen MR) is 85.4 cm³/mol. The first-order valence-corrected chi connectivity index (χ1v) is 7.73. The van der Waals surface area contributed by atoms with Crippen LogP contribution < -0.4 is 10.6 Å². The number of hydrogen-bond acceptors (Lipinski definition) is 3. The van der Waals surface area contributed by atoms with Crippen LogP contribution in [-0.4, -0.2) is 47.6 Å². The molecular formula is C15H30ClN3O. The third-order valence-electron chi connectivity index (χ3n) is 4.83. The molecule has 3 unspecified atom stereocenters. The second-order valence-corrected chi connectivity index (χ2v) is 6.82. The Morgan fingerprint density at radius 2 is 2.00 bits per heavy atom. The molecule has 0 saturated carbocycles. The van der Waals surface area contributed by atoms with Crippen LogP contribution in [0.3, 0.4) is 0 Å². The first kappa shape index (κ1) is 17.7. The van der Waals surface area contributed by atoms with Crippen molar-refractivity contribution in [2.45, 2.75) is 77.0 Å². The summed E-state index contributed by atoms with van der Waals surface area (Å²) in [6.07, 6.45) is 4.70. The second kappa shape index (κ2) is 7.10. The maximum absolute atomic E-state index is 12.4. The zero-order chi connectivity index (χ0) is 14.0. The monoisotopic (exact) mass is 303 g/mol. The van der Waals surface area contributed by atoms with Crippen LogP contribution in [0.25, 0.3) is 0 Å². The van der Waals surface area contributed by atoms with Gasteiger partial charge in [0.1, 0.15) is 0 Å². The molecule has 20 heavy (non-hydrogen) atoms. The summed E-state index contributed by atoms with van der Waals surface area (Å²) in [6.45, 7) is 10.4. The number of carbonyl (C=O) groups excluding carboxylic acids is 1. The Labute approximate surface area is 129 Å². The number of amides is 1. The molecule has 2 heterocycles. The standard InChI is InChI=1S/C15H29N3O.ClH/c1-5-15(3,4)17-14(19)11(2)18-9-8-12-6-7-13(10-18)16-12;/h11-13,16H,5-10H2,1-4H3,(H,17,19);1H. The summed E-state index contributed by atoms with van der Waals surface area (Å²) >= 11 is 0. The number of fused-ring (bicyclic) bond motifs is 2. The van der Waals surface area contributed by atoms with Gasteiger partial charge < -0.3 is 10.6 Å². The Hall–Kier alpha value is -0.320. The van der Waals surface area contributed by atoms with E-state index in [2.05, 4.69) is 36.3 Å². The molecule has 4 nitrogen and oxygen atoms in total. The lowest BCUT2D eigenvalue weighted by Crippen LogP contribution is -2.53. The number of halogens is 1. The van der Waals surface area contributed by atoms with Crippen LogP contribution >= 0.6 is 12.4 Å². The lowest BCUT2D eigenvalue weighted by atomic mass is 10.0. The molecule has 2 N–H and O–H groups in total. The fourth-order valence-electron chi connectivity index (χ4n) is 3.01. The van der Waals surface area contributed by atoms with Gasteiger partial charge in [0.2, 0.25) is 5.91 Å². The van der Waals surface area contributed by atoms with Gasteiger partial charge in [0.05, 0.1) is 6.04 Å². The van der Waals surface area contributed by atoms with E-state index in [1.165, 1.54) is 19.3 Å². The number of carbonyl (C=O) groups is 1. The molecule has 2 aliphatic heterocycles. The highest BCUT2D eigenvalue weighted by Gasteiger charge is 2.33. The van der Waals surface area contributed by atoms with E-state index in [9.17, 15) is 4.79 Å². The molecule has 118 valence electrons. The molecule has 5 heteroatoms. The zero-order valence-electron chi connectivity index (χ0n) is 13.2. The average Bonchev–Trinajstić information content (AvgIpc) is 2.68. The van der Waals surface area contributed by atoms with Gasteiger partial charge in [-0.2, -0.15) is 0 Å². The summed E-state index contributed by atoms with van der Waals surface area (Å²) in [5.41, 5.74) is -0.103. The van der Waals surface area contributed by atoms with Crippen molar-refractivity contribution in [1.29, 1.82) is 0 Å². The van der Waals surface area contributed by atoms with Crippen LogP contribution in [0.4, 0.5) is 0 Å². The highest BCUT2D eigenvalue weighted by molar-refractivity contribution is 5.85. The molecule has 0 radical (unpaired) electrons. The van der Waals surface area contributed by atoms with Crippen LogP contribution in [0.5, 0.6) is 0 Å². The normalized spacial score (nSPS) is 28.4. The van der Waals surface area contributed by atoms with Crippen molar-refractivity contribution in [3.8, 4) is 0 Å². The van der Waals surface area contributed by atoms with Gasteiger partial charge in [0, 0.05) is 30.7 Å². The van der Waals surface area contributed by atoms with E-state index in [0.29, 0.717) is 12.1 Å². The summed E-state index contributed by atoms with van der Waals surface area (Å²) in [5.74, 6) is 0.171. The summed E-state index contributed by atoms with van der Waals surface area (Å²) in [6, 6.07) is 1.24. The topological polar surface area (TPSA) is 44.4 Å². The van der Waals surface area contributed by atoms with Crippen LogP contribution in [0.1, 0.15) is 53.4 Å². The number of rotatable bonds is 4.